The van der Waals surface area contributed by atoms with Gasteiger partial charge in [0.1, 0.15) is 5.82 Å². The van der Waals surface area contributed by atoms with Crippen molar-refractivity contribution in [1.82, 2.24) is 24.6 Å². The number of nitrogens with two attached hydrogens (primary N) is 1. The van der Waals surface area contributed by atoms with E-state index in [4.69, 9.17) is 15.2 Å². The van der Waals surface area contributed by atoms with Gasteiger partial charge in [-0.05, 0) is 67.1 Å². The molecule has 0 spiro atoms. The number of carbonyl (C=O) groups is 1. The fraction of sp³-hybridized carbons (Fsp3) is 0.303. The van der Waals surface area contributed by atoms with Crippen LogP contribution in [0.15, 0.2) is 54.9 Å². The van der Waals surface area contributed by atoms with E-state index in [0.717, 1.165) is 61.2 Å². The van der Waals surface area contributed by atoms with E-state index >= 15 is 0 Å². The Kier molecular flexibility index (Phi) is 7.56. The average molecular weight is 615 g/mol. The molecule has 7 rings (SSSR count). The van der Waals surface area contributed by atoms with Gasteiger partial charge in [0, 0.05) is 48.8 Å². The summed E-state index contributed by atoms with van der Waals surface area (Å²) >= 11 is 0. The second-order valence-electron chi connectivity index (χ2n) is 11.6. The molecule has 5 heterocycles. The number of nitrogens with zero attached hydrogens (tertiary/aromatic N) is 4. The summed E-state index contributed by atoms with van der Waals surface area (Å²) in [7, 11) is 0. The number of nitrogens with one attached hydrogen (secondary N) is 1. The van der Waals surface area contributed by atoms with Crippen LogP contribution in [0.5, 0.6) is 11.6 Å². The summed E-state index contributed by atoms with van der Waals surface area (Å²) in [5.74, 6) is -2.45. The number of halogens is 2. The highest BCUT2D eigenvalue weighted by atomic mass is 19.1. The molecule has 0 aliphatic carbocycles. The molecule has 2 aromatic carbocycles. The zero-order valence-electron chi connectivity index (χ0n) is 24.6. The lowest BCUT2D eigenvalue weighted by Crippen LogP contribution is -2.50. The molecule has 0 radical (unpaired) electrons. The van der Waals surface area contributed by atoms with Crippen LogP contribution in [0.3, 0.4) is 0 Å². The Bertz CT molecular complexity index is 1890. The van der Waals surface area contributed by atoms with Gasteiger partial charge in [-0.25, -0.2) is 18.4 Å². The Balaban J connectivity index is 1.15. The number of nitrogen functional groups attached to an aromatic ring is 1. The molecular weight excluding hydrogens is 582 g/mol. The standard InChI is InChI=1S/C33H32F2N6O4/c1-18-11-30(45-32-25(34)3-2-4-26(32)35)37-15-29(18)41-33(36)24(14-38-41)31(43)28-13-23-22-12-21(17-42)40(20-7-9-44-10-8-20)16-19(22)5-6-27(23)39-28/h2-6,11,13-15,20-21,39,42H,7-10,12,16-17,36H2,1H3. The molecule has 3 aromatic heterocycles. The summed E-state index contributed by atoms with van der Waals surface area (Å²) in [6.07, 6.45) is 5.41. The molecule has 1 unspecified atom stereocenters. The third kappa shape index (κ3) is 5.24. The number of benzene rings is 2. The first-order valence-electron chi connectivity index (χ1n) is 14.9. The number of aromatic amines is 1. The quantitative estimate of drug-likeness (QED) is 0.222. The highest BCUT2D eigenvalue weighted by Crippen LogP contribution is 2.34. The summed E-state index contributed by atoms with van der Waals surface area (Å²) in [6, 6.07) is 11.3. The zero-order chi connectivity index (χ0) is 31.2. The highest BCUT2D eigenvalue weighted by Gasteiger charge is 2.33. The molecule has 12 heteroatoms. The smallest absolute Gasteiger partial charge is 0.219 e. The lowest BCUT2D eigenvalue weighted by atomic mass is 9.89. The van der Waals surface area contributed by atoms with E-state index in [2.05, 4.69) is 26.0 Å². The normalized spacial score (nSPS) is 17.5. The van der Waals surface area contributed by atoms with Crippen LogP contribution in [0.4, 0.5) is 14.6 Å². The third-order valence-electron chi connectivity index (χ3n) is 8.85. The van der Waals surface area contributed by atoms with Crippen molar-refractivity contribution in [3.63, 3.8) is 0 Å². The molecule has 4 N–H and O–H groups in total. The molecule has 1 atom stereocenters. The van der Waals surface area contributed by atoms with Gasteiger partial charge in [0.05, 0.1) is 35.9 Å². The number of hydrogen-bond donors (Lipinski definition) is 3. The van der Waals surface area contributed by atoms with Crippen LogP contribution in [0, 0.1) is 18.6 Å². The summed E-state index contributed by atoms with van der Waals surface area (Å²) < 4.78 is 40.4. The molecule has 0 amide bonds. The van der Waals surface area contributed by atoms with E-state index in [-0.39, 0.29) is 35.7 Å². The SMILES string of the molecule is Cc1cc(Oc2c(F)cccc2F)ncc1-n1ncc(C(=O)c2cc3c4c(ccc3[nH]2)CN(C2CCOCC2)C(CO)C4)c1N. The maximum Gasteiger partial charge on any atom is 0.219 e. The number of aliphatic hydroxyl groups excluding tert-OH is 1. The Labute approximate surface area is 257 Å². The predicted octanol–water partition coefficient (Wildman–Crippen LogP) is 4.84. The molecule has 1 fully saturated rings. The van der Waals surface area contributed by atoms with Crippen molar-refractivity contribution in [3.8, 4) is 17.3 Å². The number of H-pyrrole nitrogens is 1. The van der Waals surface area contributed by atoms with Gasteiger partial charge in [0.2, 0.25) is 17.4 Å². The molecule has 1 saturated heterocycles. The number of aliphatic hydroxyl groups is 1. The number of rotatable bonds is 7. The van der Waals surface area contributed by atoms with Crippen LogP contribution in [-0.4, -0.2) is 67.4 Å². The summed E-state index contributed by atoms with van der Waals surface area (Å²) in [5.41, 5.74) is 11.3. The van der Waals surface area contributed by atoms with Gasteiger partial charge in [-0.1, -0.05) is 12.1 Å². The zero-order valence-corrected chi connectivity index (χ0v) is 24.6. The van der Waals surface area contributed by atoms with Crippen LogP contribution < -0.4 is 10.5 Å². The Morgan fingerprint density at radius 2 is 1.93 bits per heavy atom. The van der Waals surface area contributed by atoms with E-state index in [1.165, 1.54) is 34.8 Å². The molecule has 10 nitrogen and oxygen atoms in total. The molecule has 0 bridgehead atoms. The molecule has 0 saturated carbocycles. The van der Waals surface area contributed by atoms with Gasteiger partial charge >= 0.3 is 0 Å². The number of aryl methyl sites for hydroxylation is 1. The van der Waals surface area contributed by atoms with E-state index in [0.29, 0.717) is 29.4 Å². The van der Waals surface area contributed by atoms with Crippen LogP contribution in [0.2, 0.25) is 0 Å². The van der Waals surface area contributed by atoms with E-state index in [1.807, 2.05) is 12.1 Å². The van der Waals surface area contributed by atoms with Gasteiger partial charge in [0.25, 0.3) is 0 Å². The number of carbonyl (C=O) groups excluding carboxylic acids is 1. The number of anilines is 1. The molecule has 232 valence electrons. The lowest BCUT2D eigenvalue weighted by Gasteiger charge is -2.42. The Morgan fingerprint density at radius 1 is 1.16 bits per heavy atom. The monoisotopic (exact) mass is 614 g/mol. The molecular formula is C33H32F2N6O4. The first-order valence-corrected chi connectivity index (χ1v) is 14.9. The average Bonchev–Trinajstić information content (AvgIpc) is 3.66. The van der Waals surface area contributed by atoms with Crippen molar-refractivity contribution < 1.29 is 28.2 Å². The summed E-state index contributed by atoms with van der Waals surface area (Å²) in [4.78, 5) is 23.5. The van der Waals surface area contributed by atoms with Gasteiger partial charge in [0.15, 0.2) is 11.6 Å². The number of ketones is 1. The van der Waals surface area contributed by atoms with Gasteiger partial charge in [-0.15, -0.1) is 0 Å². The van der Waals surface area contributed by atoms with Crippen molar-refractivity contribution in [2.75, 3.05) is 25.6 Å². The minimum Gasteiger partial charge on any atom is -0.433 e. The van der Waals surface area contributed by atoms with E-state index in [9.17, 15) is 18.7 Å². The maximum atomic E-state index is 14.0. The van der Waals surface area contributed by atoms with Crippen molar-refractivity contribution in [3.05, 3.63) is 94.4 Å². The maximum absolute atomic E-state index is 14.0. The second kappa shape index (κ2) is 11.7. The van der Waals surface area contributed by atoms with Gasteiger partial charge in [-0.2, -0.15) is 5.10 Å². The topological polar surface area (TPSA) is 132 Å². The molecule has 5 aromatic rings. The van der Waals surface area contributed by atoms with Crippen molar-refractivity contribution >= 4 is 22.5 Å². The van der Waals surface area contributed by atoms with Crippen molar-refractivity contribution in [2.45, 2.75) is 44.8 Å². The first-order chi connectivity index (χ1) is 21.8. The van der Waals surface area contributed by atoms with Crippen LogP contribution in [0.1, 0.15) is 45.6 Å². The minimum atomic E-state index is -0.847. The number of para-hydroxylation sites is 1. The lowest BCUT2D eigenvalue weighted by molar-refractivity contribution is -0.00424. The fourth-order valence-corrected chi connectivity index (χ4v) is 6.47. The first kappa shape index (κ1) is 29.1. The minimum absolute atomic E-state index is 0.00601. The van der Waals surface area contributed by atoms with E-state index in [1.54, 1.807) is 6.92 Å². The number of ether oxygens (including phenoxy) is 2. The highest BCUT2D eigenvalue weighted by molar-refractivity contribution is 6.12. The van der Waals surface area contributed by atoms with Gasteiger partial charge < -0.3 is 25.3 Å². The number of pyridine rings is 1. The fourth-order valence-electron chi connectivity index (χ4n) is 6.47. The Hall–Kier alpha value is -4.65. The molecule has 2 aliphatic rings. The van der Waals surface area contributed by atoms with E-state index < -0.39 is 17.4 Å². The summed E-state index contributed by atoms with van der Waals surface area (Å²) in [6.45, 7) is 4.01. The van der Waals surface area contributed by atoms with Crippen LogP contribution in [0.25, 0.3) is 16.6 Å². The van der Waals surface area contributed by atoms with Gasteiger partial charge in [-0.3, -0.25) is 9.69 Å². The van der Waals surface area contributed by atoms with Crippen LogP contribution >= 0.6 is 0 Å². The number of fused-ring (bicyclic) bond motifs is 3. The largest absolute Gasteiger partial charge is 0.433 e. The second-order valence-corrected chi connectivity index (χ2v) is 11.6. The predicted molar refractivity (Wildman–Crippen MR) is 163 cm³/mol. The molecule has 2 aliphatic heterocycles. The molecule has 45 heavy (non-hydrogen) atoms. The summed E-state index contributed by atoms with van der Waals surface area (Å²) in [5, 5.41) is 15.6. The number of aromatic nitrogens is 4. The third-order valence-corrected chi connectivity index (χ3v) is 8.85. The van der Waals surface area contributed by atoms with Crippen molar-refractivity contribution in [2.24, 2.45) is 0 Å². The van der Waals surface area contributed by atoms with Crippen molar-refractivity contribution in [1.29, 1.82) is 0 Å². The number of hydrogen-bond acceptors (Lipinski definition) is 8. The Morgan fingerprint density at radius 3 is 2.67 bits per heavy atom. The van der Waals surface area contributed by atoms with Crippen LogP contribution in [-0.2, 0) is 17.7 Å².